The summed E-state index contributed by atoms with van der Waals surface area (Å²) in [5, 5.41) is 0.670. The Morgan fingerprint density at radius 3 is 2.46 bits per heavy atom. The van der Waals surface area contributed by atoms with E-state index < -0.39 is 0 Å². The quantitative estimate of drug-likeness (QED) is 0.348. The van der Waals surface area contributed by atoms with Crippen molar-refractivity contribution in [2.75, 3.05) is 13.7 Å². The molecule has 0 unspecified atom stereocenters. The summed E-state index contributed by atoms with van der Waals surface area (Å²) in [6, 6.07) is 17.8. The lowest BCUT2D eigenvalue weighted by Gasteiger charge is -2.13. The number of benzene rings is 3. The number of halogens is 1. The van der Waals surface area contributed by atoms with E-state index in [1.54, 1.807) is 30.2 Å². The number of hydrogen-bond donors (Lipinski definition) is 0. The number of ether oxygens (including phenoxy) is 2. The van der Waals surface area contributed by atoms with Gasteiger partial charge in [0, 0.05) is 6.54 Å². The Morgan fingerprint density at radius 1 is 1.03 bits per heavy atom. The van der Waals surface area contributed by atoms with Gasteiger partial charge in [-0.1, -0.05) is 36.4 Å². The highest BCUT2D eigenvalue weighted by molar-refractivity contribution is 8.18. The highest BCUT2D eigenvalue weighted by Crippen LogP contribution is 2.37. The second-order valence-corrected chi connectivity index (χ2v) is 9.13. The molecule has 0 N–H and O–H groups in total. The lowest BCUT2D eigenvalue weighted by molar-refractivity contribution is -0.122. The summed E-state index contributed by atoms with van der Waals surface area (Å²) in [6.07, 6.45) is 1.84. The number of amidine groups is 1. The number of aliphatic imine (C=N–C) groups is 1. The van der Waals surface area contributed by atoms with Crippen molar-refractivity contribution in [1.29, 1.82) is 0 Å². The predicted octanol–water partition coefficient (Wildman–Crippen LogP) is 6.65. The van der Waals surface area contributed by atoms with Crippen LogP contribution in [0.5, 0.6) is 11.5 Å². The highest BCUT2D eigenvalue weighted by atomic mass is 32.2. The number of thioether (sulfide) groups is 1. The number of nitrogens with zero attached hydrogens (tertiary/aromatic N) is 2. The Labute approximate surface area is 209 Å². The number of para-hydroxylation sites is 1. The number of aryl methyl sites for hydroxylation is 2. The van der Waals surface area contributed by atoms with Gasteiger partial charge in [-0.2, -0.15) is 0 Å². The lowest BCUT2D eigenvalue weighted by atomic mass is 10.1. The molecule has 0 aliphatic carbocycles. The molecule has 180 valence electrons. The van der Waals surface area contributed by atoms with Gasteiger partial charge in [-0.05, 0) is 85.1 Å². The van der Waals surface area contributed by atoms with Crippen LogP contribution >= 0.6 is 11.8 Å². The largest absolute Gasteiger partial charge is 0.493 e. The minimum absolute atomic E-state index is 0.0760. The molecule has 0 aromatic heterocycles. The fraction of sp³-hybridized carbons (Fsp3) is 0.214. The molecule has 1 aliphatic heterocycles. The Bertz CT molecular complexity index is 1300. The van der Waals surface area contributed by atoms with Gasteiger partial charge in [0.25, 0.3) is 5.91 Å². The molecule has 0 bridgehead atoms. The molecule has 1 saturated heterocycles. The van der Waals surface area contributed by atoms with Crippen molar-refractivity contribution in [3.8, 4) is 11.5 Å². The SMILES string of the molecule is CCN1C(=O)/C(=C\c2ccc(OCc3cccc(F)c3)c(OC)c2)SC1=Nc1c(C)cccc1C. The van der Waals surface area contributed by atoms with Crippen molar-refractivity contribution in [1.82, 2.24) is 4.90 Å². The van der Waals surface area contributed by atoms with Crippen LogP contribution < -0.4 is 9.47 Å². The average Bonchev–Trinajstić information content (AvgIpc) is 3.14. The summed E-state index contributed by atoms with van der Waals surface area (Å²) in [5.41, 5.74) is 4.56. The van der Waals surface area contributed by atoms with Gasteiger partial charge in [-0.3, -0.25) is 9.69 Å². The molecule has 4 rings (SSSR count). The number of likely N-dealkylation sites (N-methyl/N-ethyl adjacent to an activating group) is 1. The Kier molecular flexibility index (Phi) is 7.56. The minimum atomic E-state index is -0.305. The summed E-state index contributed by atoms with van der Waals surface area (Å²) in [6.45, 7) is 6.72. The predicted molar refractivity (Wildman–Crippen MR) is 140 cm³/mol. The molecule has 3 aromatic rings. The van der Waals surface area contributed by atoms with E-state index in [0.29, 0.717) is 28.1 Å². The van der Waals surface area contributed by atoms with Gasteiger partial charge >= 0.3 is 0 Å². The minimum Gasteiger partial charge on any atom is -0.493 e. The second kappa shape index (κ2) is 10.8. The molecule has 5 nitrogen and oxygen atoms in total. The molecule has 7 heteroatoms. The van der Waals surface area contributed by atoms with E-state index in [2.05, 4.69) is 0 Å². The van der Waals surface area contributed by atoms with Crippen LogP contribution in [0.25, 0.3) is 6.08 Å². The first kappa shape index (κ1) is 24.5. The van der Waals surface area contributed by atoms with Gasteiger partial charge in [0.2, 0.25) is 0 Å². The van der Waals surface area contributed by atoms with Crippen LogP contribution in [0.1, 0.15) is 29.2 Å². The Hall–Kier alpha value is -3.58. The van der Waals surface area contributed by atoms with Gasteiger partial charge in [0.15, 0.2) is 16.7 Å². The summed E-state index contributed by atoms with van der Waals surface area (Å²) >= 11 is 1.36. The number of carbonyl (C=O) groups is 1. The number of carbonyl (C=O) groups excluding carboxylic acids is 1. The van der Waals surface area contributed by atoms with Crippen LogP contribution in [0.2, 0.25) is 0 Å². The molecule has 0 radical (unpaired) electrons. The summed E-state index contributed by atoms with van der Waals surface area (Å²) in [7, 11) is 1.56. The monoisotopic (exact) mass is 490 g/mol. The molecule has 0 spiro atoms. The van der Waals surface area contributed by atoms with Gasteiger partial charge in [-0.25, -0.2) is 9.38 Å². The third-order valence-corrected chi connectivity index (χ3v) is 6.63. The average molecular weight is 491 g/mol. The molecule has 3 aromatic carbocycles. The van der Waals surface area contributed by atoms with Crippen molar-refractivity contribution in [2.45, 2.75) is 27.4 Å². The Morgan fingerprint density at radius 2 is 1.77 bits per heavy atom. The highest BCUT2D eigenvalue weighted by Gasteiger charge is 2.32. The smallest absolute Gasteiger partial charge is 0.266 e. The summed E-state index contributed by atoms with van der Waals surface area (Å²) in [5.74, 6) is 0.688. The second-order valence-electron chi connectivity index (χ2n) is 8.12. The third kappa shape index (κ3) is 5.57. The molecule has 0 atom stereocenters. The van der Waals surface area contributed by atoms with E-state index in [1.165, 1.54) is 23.9 Å². The first-order valence-electron chi connectivity index (χ1n) is 11.3. The van der Waals surface area contributed by atoms with E-state index in [4.69, 9.17) is 14.5 Å². The number of hydrogen-bond acceptors (Lipinski definition) is 5. The van der Waals surface area contributed by atoms with Crippen LogP contribution in [0, 0.1) is 19.7 Å². The molecule has 1 heterocycles. The maximum Gasteiger partial charge on any atom is 0.266 e. The van der Waals surface area contributed by atoms with Crippen LogP contribution in [-0.4, -0.2) is 29.6 Å². The van der Waals surface area contributed by atoms with Crippen LogP contribution in [0.4, 0.5) is 10.1 Å². The van der Waals surface area contributed by atoms with E-state index in [-0.39, 0.29) is 18.3 Å². The first-order chi connectivity index (χ1) is 16.9. The fourth-order valence-electron chi connectivity index (χ4n) is 3.78. The van der Waals surface area contributed by atoms with Gasteiger partial charge in [0.05, 0.1) is 17.7 Å². The van der Waals surface area contributed by atoms with Gasteiger partial charge in [-0.15, -0.1) is 0 Å². The van der Waals surface area contributed by atoms with E-state index >= 15 is 0 Å². The van der Waals surface area contributed by atoms with E-state index in [0.717, 1.165) is 27.9 Å². The zero-order valence-corrected chi connectivity index (χ0v) is 21.0. The third-order valence-electron chi connectivity index (χ3n) is 5.62. The standard InChI is InChI=1S/C28H27FN2O3S/c1-5-31-27(32)25(35-28(31)30-26-18(2)8-6-9-19(26)3)16-20-12-13-23(24(15-20)33-4)34-17-21-10-7-11-22(29)14-21/h6-16H,5,17H2,1-4H3/b25-16+,30-28?. The molecular formula is C28H27FN2O3S. The van der Waals surface area contributed by atoms with Crippen molar-refractivity contribution in [2.24, 2.45) is 4.99 Å². The van der Waals surface area contributed by atoms with E-state index in [9.17, 15) is 9.18 Å². The van der Waals surface area contributed by atoms with Crippen molar-refractivity contribution >= 4 is 34.6 Å². The maximum atomic E-state index is 13.4. The fourth-order valence-corrected chi connectivity index (χ4v) is 4.83. The topological polar surface area (TPSA) is 51.1 Å². The molecular weight excluding hydrogens is 463 g/mol. The molecule has 1 aliphatic rings. The maximum absolute atomic E-state index is 13.4. The molecule has 35 heavy (non-hydrogen) atoms. The number of methoxy groups -OCH3 is 1. The molecule has 0 saturated carbocycles. The lowest BCUT2D eigenvalue weighted by Crippen LogP contribution is -2.28. The van der Waals surface area contributed by atoms with Gasteiger partial charge < -0.3 is 9.47 Å². The summed E-state index contributed by atoms with van der Waals surface area (Å²) in [4.78, 5) is 20.2. The normalized spacial score (nSPS) is 15.8. The van der Waals surface area contributed by atoms with Crippen molar-refractivity contribution < 1.29 is 18.7 Å². The van der Waals surface area contributed by atoms with E-state index in [1.807, 2.05) is 57.2 Å². The van der Waals surface area contributed by atoms with Crippen LogP contribution in [0.3, 0.4) is 0 Å². The summed E-state index contributed by atoms with van der Waals surface area (Å²) < 4.78 is 24.8. The van der Waals surface area contributed by atoms with Crippen molar-refractivity contribution in [3.63, 3.8) is 0 Å². The first-order valence-corrected chi connectivity index (χ1v) is 12.1. The Balaban J connectivity index is 1.57. The van der Waals surface area contributed by atoms with Gasteiger partial charge in [0.1, 0.15) is 12.4 Å². The molecule has 1 amide bonds. The zero-order chi connectivity index (χ0) is 24.9. The van der Waals surface area contributed by atoms with Crippen molar-refractivity contribution in [3.05, 3.63) is 93.6 Å². The molecule has 1 fully saturated rings. The number of amides is 1. The number of rotatable bonds is 7. The zero-order valence-electron chi connectivity index (χ0n) is 20.2. The van der Waals surface area contributed by atoms with Crippen LogP contribution in [0.15, 0.2) is 70.6 Å². The van der Waals surface area contributed by atoms with Crippen LogP contribution in [-0.2, 0) is 11.4 Å².